The molecule has 0 atom stereocenters. The van der Waals surface area contributed by atoms with Crippen LogP contribution in [0.4, 0.5) is 0 Å². The fraction of sp³-hybridized carbons (Fsp3) is 0.636. The van der Waals surface area contributed by atoms with Crippen molar-refractivity contribution in [2.45, 2.75) is 27.2 Å². The highest BCUT2D eigenvalue weighted by molar-refractivity contribution is 5.71. The standard InChI is InChI=1S/C5H8O2.C5H11O.CH5N3/c1-3-4-7-5(2)6;1-5(2)3-4-6;2-1(3)4/h3H,1,4H2,2H3;5H,3-4H2,1-2H3;(H5,2,3,4). The van der Waals surface area contributed by atoms with Crippen molar-refractivity contribution in [3.05, 3.63) is 12.7 Å². The van der Waals surface area contributed by atoms with Gasteiger partial charge in [0, 0.05) is 6.92 Å². The van der Waals surface area contributed by atoms with Crippen molar-refractivity contribution in [2.24, 2.45) is 17.4 Å². The zero-order valence-corrected chi connectivity index (χ0v) is 10.9. The maximum atomic E-state index is 9.93. The van der Waals surface area contributed by atoms with Gasteiger partial charge in [-0.1, -0.05) is 26.5 Å². The average Bonchev–Trinajstić information content (AvgIpc) is 2.14. The van der Waals surface area contributed by atoms with Crippen LogP contribution in [0.1, 0.15) is 27.2 Å². The molecule has 0 aromatic carbocycles. The number of carbonyl (C=O) groups excluding carboxylic acids is 1. The molecular formula is C11H24N3O3. The summed E-state index contributed by atoms with van der Waals surface area (Å²) >= 11 is 0. The van der Waals surface area contributed by atoms with Gasteiger partial charge in [0.25, 0.3) is 0 Å². The first-order chi connectivity index (χ1) is 7.77. The van der Waals surface area contributed by atoms with Crippen LogP contribution in [0, 0.1) is 11.3 Å². The Bertz CT molecular complexity index is 202. The Labute approximate surface area is 103 Å². The monoisotopic (exact) mass is 246 g/mol. The molecule has 1 radical (unpaired) electrons. The average molecular weight is 246 g/mol. The van der Waals surface area contributed by atoms with Crippen LogP contribution in [0.15, 0.2) is 12.7 Å². The van der Waals surface area contributed by atoms with Crippen LogP contribution >= 0.6 is 0 Å². The molecule has 0 rings (SSSR count). The van der Waals surface area contributed by atoms with Crippen LogP contribution < -0.4 is 11.5 Å². The second-order valence-electron chi connectivity index (χ2n) is 3.43. The number of nitrogens with two attached hydrogens (primary N) is 2. The summed E-state index contributed by atoms with van der Waals surface area (Å²) in [5.41, 5.74) is 8.94. The smallest absolute Gasteiger partial charge is 0.302 e. The van der Waals surface area contributed by atoms with E-state index in [-0.39, 0.29) is 18.5 Å². The fourth-order valence-corrected chi connectivity index (χ4v) is 0.412. The quantitative estimate of drug-likeness (QED) is 0.297. The molecule has 0 saturated heterocycles. The minimum Gasteiger partial charge on any atom is -0.462 e. The minimum absolute atomic E-state index is 0.0810. The molecule has 0 aliphatic heterocycles. The summed E-state index contributed by atoms with van der Waals surface area (Å²) in [5.74, 6) is -0.0117. The molecule has 0 fully saturated rings. The molecule has 0 aliphatic rings. The third-order valence-corrected chi connectivity index (χ3v) is 1.10. The Kier molecular flexibility index (Phi) is 20.6. The summed E-state index contributed by atoms with van der Waals surface area (Å²) in [4.78, 5) is 9.93. The molecule has 0 aliphatic carbocycles. The molecule has 0 saturated carbocycles. The van der Waals surface area contributed by atoms with Gasteiger partial charge in [-0.25, -0.2) is 5.11 Å². The molecular weight excluding hydrogens is 222 g/mol. The van der Waals surface area contributed by atoms with Gasteiger partial charge in [0.2, 0.25) is 0 Å². The minimum atomic E-state index is -0.333. The van der Waals surface area contributed by atoms with E-state index in [2.05, 4.69) is 36.6 Å². The first-order valence-corrected chi connectivity index (χ1v) is 5.19. The zero-order chi connectivity index (χ0) is 14.3. The van der Waals surface area contributed by atoms with Gasteiger partial charge in [0.15, 0.2) is 5.96 Å². The van der Waals surface area contributed by atoms with E-state index >= 15 is 0 Å². The maximum absolute atomic E-state index is 9.93. The van der Waals surface area contributed by atoms with Gasteiger partial charge in [-0.05, 0) is 12.3 Å². The first-order valence-electron chi connectivity index (χ1n) is 5.19. The van der Waals surface area contributed by atoms with E-state index in [1.807, 2.05) is 0 Å². The van der Waals surface area contributed by atoms with E-state index in [0.717, 1.165) is 6.42 Å². The number of esters is 1. The van der Waals surface area contributed by atoms with E-state index < -0.39 is 0 Å². The highest BCUT2D eigenvalue weighted by atomic mass is 16.5. The number of guanidine groups is 1. The third-order valence-electron chi connectivity index (χ3n) is 1.10. The van der Waals surface area contributed by atoms with E-state index in [0.29, 0.717) is 12.5 Å². The second-order valence-corrected chi connectivity index (χ2v) is 3.43. The van der Waals surface area contributed by atoms with Crippen LogP contribution in [0.5, 0.6) is 0 Å². The van der Waals surface area contributed by atoms with Gasteiger partial charge in [-0.3, -0.25) is 10.2 Å². The van der Waals surface area contributed by atoms with Crippen molar-refractivity contribution in [1.29, 1.82) is 5.41 Å². The normalized spacial score (nSPS) is 8.06. The van der Waals surface area contributed by atoms with E-state index in [1.165, 1.54) is 13.0 Å². The largest absolute Gasteiger partial charge is 0.462 e. The Balaban J connectivity index is -0.000000180. The molecule has 0 unspecified atom stereocenters. The summed E-state index contributed by atoms with van der Waals surface area (Å²) in [5, 5.41) is 15.8. The SMILES string of the molecule is C=CCOC(C)=O.CC(C)CC[O].N=C(N)N. The number of hydrogen-bond donors (Lipinski definition) is 3. The number of carbonyl (C=O) groups is 1. The highest BCUT2D eigenvalue weighted by Crippen LogP contribution is 1.95. The molecule has 6 nitrogen and oxygen atoms in total. The zero-order valence-electron chi connectivity index (χ0n) is 10.9. The number of hydrogen-bond acceptors (Lipinski definition) is 3. The molecule has 0 aromatic rings. The molecule has 0 aromatic heterocycles. The Hall–Kier alpha value is -1.56. The van der Waals surface area contributed by atoms with Gasteiger partial charge in [0.1, 0.15) is 6.61 Å². The summed E-state index contributed by atoms with van der Waals surface area (Å²) in [6.45, 7) is 9.22. The van der Waals surface area contributed by atoms with Crippen molar-refractivity contribution >= 4 is 11.9 Å². The van der Waals surface area contributed by atoms with Crippen molar-refractivity contribution in [2.75, 3.05) is 13.2 Å². The number of ether oxygens (including phenoxy) is 1. The predicted molar refractivity (Wildman–Crippen MR) is 67.9 cm³/mol. The van der Waals surface area contributed by atoms with Crippen LogP contribution in [0.2, 0.25) is 0 Å². The lowest BCUT2D eigenvalue weighted by atomic mass is 10.2. The van der Waals surface area contributed by atoms with Gasteiger partial charge in [-0.2, -0.15) is 0 Å². The lowest BCUT2D eigenvalue weighted by Gasteiger charge is -1.94. The highest BCUT2D eigenvalue weighted by Gasteiger charge is 1.87. The van der Waals surface area contributed by atoms with Crippen molar-refractivity contribution in [3.63, 3.8) is 0 Å². The van der Waals surface area contributed by atoms with Crippen LogP contribution in [-0.2, 0) is 14.6 Å². The van der Waals surface area contributed by atoms with Gasteiger partial charge in [0.05, 0.1) is 6.61 Å². The third kappa shape index (κ3) is 75.5. The van der Waals surface area contributed by atoms with E-state index in [4.69, 9.17) is 5.41 Å². The Morgan fingerprint density at radius 2 is 1.88 bits per heavy atom. The molecule has 0 amide bonds. The molecule has 0 bridgehead atoms. The molecule has 5 N–H and O–H groups in total. The summed E-state index contributed by atoms with van der Waals surface area (Å²) < 4.78 is 4.43. The molecule has 6 heteroatoms. The second kappa shape index (κ2) is 16.9. The number of rotatable bonds is 4. The van der Waals surface area contributed by atoms with Gasteiger partial charge in [-0.15, -0.1) is 0 Å². The van der Waals surface area contributed by atoms with Gasteiger partial charge < -0.3 is 16.2 Å². The fourth-order valence-electron chi connectivity index (χ4n) is 0.412. The van der Waals surface area contributed by atoms with Crippen LogP contribution in [-0.4, -0.2) is 25.1 Å². The molecule has 0 spiro atoms. The lowest BCUT2D eigenvalue weighted by Crippen LogP contribution is -2.20. The predicted octanol–water partition coefficient (Wildman–Crippen LogP) is 1.04. The van der Waals surface area contributed by atoms with Crippen molar-refractivity contribution in [3.8, 4) is 0 Å². The lowest BCUT2D eigenvalue weighted by molar-refractivity contribution is -0.139. The maximum Gasteiger partial charge on any atom is 0.302 e. The number of nitrogens with one attached hydrogen (secondary N) is 1. The van der Waals surface area contributed by atoms with Crippen LogP contribution in [0.25, 0.3) is 0 Å². The summed E-state index contributed by atoms with van der Waals surface area (Å²) in [6.07, 6.45) is 2.35. The van der Waals surface area contributed by atoms with Crippen molar-refractivity contribution < 1.29 is 14.6 Å². The van der Waals surface area contributed by atoms with E-state index in [1.54, 1.807) is 0 Å². The summed E-state index contributed by atoms with van der Waals surface area (Å²) in [7, 11) is 0. The van der Waals surface area contributed by atoms with Gasteiger partial charge >= 0.3 is 5.97 Å². The Morgan fingerprint density at radius 3 is 1.94 bits per heavy atom. The molecule has 17 heavy (non-hydrogen) atoms. The topological polar surface area (TPSA) is 122 Å². The first kappa shape index (κ1) is 20.8. The molecule has 101 valence electrons. The molecule has 0 heterocycles. The Morgan fingerprint density at radius 1 is 1.47 bits per heavy atom. The summed E-state index contributed by atoms with van der Waals surface area (Å²) in [6, 6.07) is 0. The van der Waals surface area contributed by atoms with E-state index in [9.17, 15) is 9.90 Å². The van der Waals surface area contributed by atoms with Crippen molar-refractivity contribution in [1.82, 2.24) is 0 Å². The van der Waals surface area contributed by atoms with Crippen LogP contribution in [0.3, 0.4) is 0 Å².